The summed E-state index contributed by atoms with van der Waals surface area (Å²) in [5.74, 6) is 0.000785. The first-order valence-electron chi connectivity index (χ1n) is 5.32. The van der Waals surface area contributed by atoms with E-state index < -0.39 is 10.0 Å². The van der Waals surface area contributed by atoms with Crippen molar-refractivity contribution >= 4 is 22.4 Å². The van der Waals surface area contributed by atoms with Crippen molar-refractivity contribution in [2.75, 3.05) is 39.1 Å². The third-order valence-corrected chi connectivity index (χ3v) is 4.61. The number of sulfonamides is 1. The van der Waals surface area contributed by atoms with Crippen LogP contribution in [0, 0.1) is 0 Å². The highest BCUT2D eigenvalue weighted by molar-refractivity contribution is 7.89. The van der Waals surface area contributed by atoms with E-state index in [-0.39, 0.29) is 30.4 Å². The third kappa shape index (κ3) is 5.07. The Morgan fingerprint density at radius 2 is 2.24 bits per heavy atom. The van der Waals surface area contributed by atoms with Gasteiger partial charge < -0.3 is 15.2 Å². The highest BCUT2D eigenvalue weighted by atomic mass is 35.5. The van der Waals surface area contributed by atoms with Crippen molar-refractivity contribution in [2.45, 2.75) is 19.1 Å². The minimum absolute atomic E-state index is 0. The fourth-order valence-corrected chi connectivity index (χ4v) is 3.24. The fraction of sp³-hybridized carbons (Fsp3) is 1.00. The van der Waals surface area contributed by atoms with Crippen LogP contribution in [-0.2, 0) is 19.5 Å². The van der Waals surface area contributed by atoms with Crippen LogP contribution in [0.15, 0.2) is 0 Å². The van der Waals surface area contributed by atoms with Crippen LogP contribution in [0.5, 0.6) is 0 Å². The van der Waals surface area contributed by atoms with Crippen molar-refractivity contribution in [3.8, 4) is 0 Å². The molecule has 0 aromatic carbocycles. The van der Waals surface area contributed by atoms with Crippen molar-refractivity contribution in [1.82, 2.24) is 4.31 Å². The van der Waals surface area contributed by atoms with E-state index in [9.17, 15) is 8.42 Å². The van der Waals surface area contributed by atoms with Crippen LogP contribution in [0.3, 0.4) is 0 Å². The molecule has 1 fully saturated rings. The van der Waals surface area contributed by atoms with Crippen LogP contribution in [0.4, 0.5) is 0 Å². The minimum Gasteiger partial charge on any atom is -0.381 e. The molecule has 0 bridgehead atoms. The summed E-state index contributed by atoms with van der Waals surface area (Å²) in [5.41, 5.74) is 5.46. The zero-order valence-electron chi connectivity index (χ0n) is 10.2. The van der Waals surface area contributed by atoms with Gasteiger partial charge in [0.25, 0.3) is 0 Å². The van der Waals surface area contributed by atoms with Crippen LogP contribution >= 0.6 is 12.4 Å². The van der Waals surface area contributed by atoms with Gasteiger partial charge in [0.05, 0.1) is 24.6 Å². The van der Waals surface area contributed by atoms with Crippen molar-refractivity contribution in [3.05, 3.63) is 0 Å². The quantitative estimate of drug-likeness (QED) is 0.733. The predicted octanol–water partition coefficient (Wildman–Crippen LogP) is -0.568. The van der Waals surface area contributed by atoms with E-state index >= 15 is 0 Å². The molecule has 0 aliphatic carbocycles. The SMILES string of the molecule is COC(C)CS(=O)(=O)N1CCOC(CN)C1.Cl. The second-order valence-corrected chi connectivity index (χ2v) is 5.92. The Hall–Kier alpha value is 0.0800. The summed E-state index contributed by atoms with van der Waals surface area (Å²) >= 11 is 0. The van der Waals surface area contributed by atoms with Crippen LogP contribution in [0.1, 0.15) is 6.92 Å². The third-order valence-electron chi connectivity index (χ3n) is 2.61. The highest BCUT2D eigenvalue weighted by Crippen LogP contribution is 2.11. The maximum absolute atomic E-state index is 12.0. The molecule has 0 amide bonds. The molecule has 1 rings (SSSR count). The molecule has 0 radical (unpaired) electrons. The standard InChI is InChI=1S/C9H20N2O4S.ClH/c1-8(14-2)7-16(12,13)11-3-4-15-9(5-10)6-11;/h8-9H,3-7,10H2,1-2H3;1H. The normalized spacial score (nSPS) is 24.1. The molecule has 2 atom stereocenters. The van der Waals surface area contributed by atoms with Gasteiger partial charge in [-0.05, 0) is 6.92 Å². The lowest BCUT2D eigenvalue weighted by atomic mass is 10.3. The molecular weight excluding hydrogens is 268 g/mol. The van der Waals surface area contributed by atoms with Crippen LogP contribution in [0.2, 0.25) is 0 Å². The molecule has 0 aromatic rings. The Balaban J connectivity index is 0.00000256. The molecule has 17 heavy (non-hydrogen) atoms. The Bertz CT molecular complexity index is 312. The number of morpholine rings is 1. The molecule has 2 unspecified atom stereocenters. The topological polar surface area (TPSA) is 81.9 Å². The van der Waals surface area contributed by atoms with E-state index in [4.69, 9.17) is 15.2 Å². The van der Waals surface area contributed by atoms with Gasteiger partial charge in [-0.2, -0.15) is 4.31 Å². The number of methoxy groups -OCH3 is 1. The average molecular weight is 289 g/mol. The first-order chi connectivity index (χ1) is 7.49. The predicted molar refractivity (Wildman–Crippen MR) is 67.9 cm³/mol. The molecule has 6 nitrogen and oxygen atoms in total. The lowest BCUT2D eigenvalue weighted by Gasteiger charge is -2.32. The van der Waals surface area contributed by atoms with E-state index in [1.807, 2.05) is 0 Å². The Morgan fingerprint density at radius 1 is 1.59 bits per heavy atom. The summed E-state index contributed by atoms with van der Waals surface area (Å²) in [6.45, 7) is 3.22. The second kappa shape index (κ2) is 7.50. The maximum Gasteiger partial charge on any atom is 0.216 e. The van der Waals surface area contributed by atoms with Gasteiger partial charge in [0.2, 0.25) is 10.0 Å². The first kappa shape index (κ1) is 17.1. The van der Waals surface area contributed by atoms with Crippen LogP contribution < -0.4 is 5.73 Å². The maximum atomic E-state index is 12.0. The lowest BCUT2D eigenvalue weighted by molar-refractivity contribution is 0.00409. The Morgan fingerprint density at radius 3 is 2.76 bits per heavy atom. The number of ether oxygens (including phenoxy) is 2. The number of hydrogen-bond donors (Lipinski definition) is 1. The van der Waals surface area contributed by atoms with Gasteiger partial charge in [-0.15, -0.1) is 12.4 Å². The Kier molecular flexibility index (Phi) is 7.54. The number of halogens is 1. The number of nitrogens with two attached hydrogens (primary N) is 1. The Labute approximate surface area is 109 Å². The molecule has 0 saturated carbocycles. The summed E-state index contributed by atoms with van der Waals surface area (Å²) in [6, 6.07) is 0. The molecule has 1 aliphatic heterocycles. The summed E-state index contributed by atoms with van der Waals surface area (Å²) in [5, 5.41) is 0. The van der Waals surface area contributed by atoms with Gasteiger partial charge in [-0.3, -0.25) is 0 Å². The molecule has 8 heteroatoms. The molecule has 104 valence electrons. The molecular formula is C9H21ClN2O4S. The lowest BCUT2D eigenvalue weighted by Crippen LogP contribution is -2.49. The molecule has 0 spiro atoms. The smallest absolute Gasteiger partial charge is 0.216 e. The van der Waals surface area contributed by atoms with Gasteiger partial charge in [-0.1, -0.05) is 0 Å². The van der Waals surface area contributed by atoms with E-state index in [2.05, 4.69) is 0 Å². The summed E-state index contributed by atoms with van der Waals surface area (Å²) in [4.78, 5) is 0. The van der Waals surface area contributed by atoms with Crippen LogP contribution in [0.25, 0.3) is 0 Å². The molecule has 1 aliphatic rings. The van der Waals surface area contributed by atoms with Gasteiger partial charge in [0.15, 0.2) is 0 Å². The zero-order valence-corrected chi connectivity index (χ0v) is 11.8. The zero-order chi connectivity index (χ0) is 12.2. The average Bonchev–Trinajstić information content (AvgIpc) is 2.28. The fourth-order valence-electron chi connectivity index (χ4n) is 1.56. The largest absolute Gasteiger partial charge is 0.381 e. The molecule has 1 saturated heterocycles. The highest BCUT2D eigenvalue weighted by Gasteiger charge is 2.29. The monoisotopic (exact) mass is 288 g/mol. The summed E-state index contributed by atoms with van der Waals surface area (Å²) in [6.07, 6.45) is -0.495. The van der Waals surface area contributed by atoms with E-state index in [1.165, 1.54) is 11.4 Å². The first-order valence-corrected chi connectivity index (χ1v) is 6.92. The minimum atomic E-state index is -3.26. The van der Waals surface area contributed by atoms with Gasteiger partial charge in [0, 0.05) is 26.7 Å². The van der Waals surface area contributed by atoms with Gasteiger partial charge in [0.1, 0.15) is 0 Å². The molecule has 0 aromatic heterocycles. The molecule has 2 N–H and O–H groups in total. The number of rotatable bonds is 5. The number of hydrogen-bond acceptors (Lipinski definition) is 5. The van der Waals surface area contributed by atoms with Crippen LogP contribution in [-0.4, -0.2) is 64.0 Å². The van der Waals surface area contributed by atoms with E-state index in [0.29, 0.717) is 26.2 Å². The number of nitrogens with zero attached hydrogens (tertiary/aromatic N) is 1. The summed E-state index contributed by atoms with van der Waals surface area (Å²) in [7, 11) is -1.76. The van der Waals surface area contributed by atoms with E-state index in [1.54, 1.807) is 6.92 Å². The summed E-state index contributed by atoms with van der Waals surface area (Å²) < 4.78 is 35.7. The second-order valence-electron chi connectivity index (χ2n) is 3.91. The van der Waals surface area contributed by atoms with Crippen molar-refractivity contribution in [3.63, 3.8) is 0 Å². The van der Waals surface area contributed by atoms with Crippen molar-refractivity contribution in [1.29, 1.82) is 0 Å². The van der Waals surface area contributed by atoms with E-state index in [0.717, 1.165) is 0 Å². The van der Waals surface area contributed by atoms with Crippen molar-refractivity contribution < 1.29 is 17.9 Å². The molecule has 1 heterocycles. The van der Waals surface area contributed by atoms with Gasteiger partial charge in [-0.25, -0.2) is 8.42 Å². The van der Waals surface area contributed by atoms with Crippen molar-refractivity contribution in [2.24, 2.45) is 5.73 Å². The van der Waals surface area contributed by atoms with Gasteiger partial charge >= 0.3 is 0 Å².